The Morgan fingerprint density at radius 2 is 1.67 bits per heavy atom. The van der Waals surface area contributed by atoms with Crippen molar-refractivity contribution in [3.8, 4) is 17.2 Å². The molecular weight excluding hydrogens is 384 g/mol. The fraction of sp³-hybridized carbons (Fsp3) is 0.636. The number of guanidine groups is 1. The van der Waals surface area contributed by atoms with Gasteiger partial charge in [-0.15, -0.1) is 0 Å². The monoisotopic (exact) mass is 420 g/mol. The number of methoxy groups -OCH3 is 2. The lowest BCUT2D eigenvalue weighted by molar-refractivity contribution is -0.138. The van der Waals surface area contributed by atoms with Crippen LogP contribution in [0.1, 0.15) is 32.1 Å². The molecular formula is C22H36N4O4. The van der Waals surface area contributed by atoms with E-state index in [1.54, 1.807) is 26.2 Å². The second-order valence-corrected chi connectivity index (χ2v) is 7.79. The lowest BCUT2D eigenvalue weighted by Crippen LogP contribution is -2.49. The molecule has 0 saturated heterocycles. The first-order valence-corrected chi connectivity index (χ1v) is 10.5. The summed E-state index contributed by atoms with van der Waals surface area (Å²) in [7, 11) is 8.62. The largest absolute Gasteiger partial charge is 0.496 e. The van der Waals surface area contributed by atoms with Gasteiger partial charge in [0, 0.05) is 52.4 Å². The molecule has 1 saturated carbocycles. The lowest BCUT2D eigenvalue weighted by Gasteiger charge is -2.31. The van der Waals surface area contributed by atoms with E-state index in [1.807, 2.05) is 32.3 Å². The minimum atomic E-state index is -0.324. The predicted octanol–water partition coefficient (Wildman–Crippen LogP) is 2.29. The van der Waals surface area contributed by atoms with Crippen LogP contribution in [-0.4, -0.2) is 71.8 Å². The van der Waals surface area contributed by atoms with Crippen molar-refractivity contribution in [1.29, 1.82) is 0 Å². The zero-order valence-corrected chi connectivity index (χ0v) is 18.9. The maximum absolute atomic E-state index is 12.7. The van der Waals surface area contributed by atoms with Crippen molar-refractivity contribution in [2.75, 3.05) is 55.1 Å². The molecule has 168 valence electrons. The molecule has 0 radical (unpaired) electrons. The standard InChI is InChI=1S/C22H36N4O4/c1-23-21(25-16-22(9-6-7-10-22)20(27)26(2)3)24-11-8-12-30-19-14-17(28-4)13-18(15-19)29-5/h13-15H,6-12,16H2,1-5H3,(H2,23,24,25). The van der Waals surface area contributed by atoms with Gasteiger partial charge in [-0.05, 0) is 19.3 Å². The quantitative estimate of drug-likeness (QED) is 0.343. The second kappa shape index (κ2) is 11.5. The molecule has 1 aromatic carbocycles. The minimum absolute atomic E-state index is 0.199. The van der Waals surface area contributed by atoms with Crippen LogP contribution in [0.5, 0.6) is 17.2 Å². The summed E-state index contributed by atoms with van der Waals surface area (Å²) >= 11 is 0. The van der Waals surface area contributed by atoms with E-state index in [9.17, 15) is 4.79 Å². The van der Waals surface area contributed by atoms with Crippen LogP contribution in [0.25, 0.3) is 0 Å². The Bertz CT molecular complexity index is 693. The van der Waals surface area contributed by atoms with Crippen LogP contribution in [0.15, 0.2) is 23.2 Å². The lowest BCUT2D eigenvalue weighted by atomic mass is 9.84. The number of hydrogen-bond donors (Lipinski definition) is 2. The number of hydrogen-bond acceptors (Lipinski definition) is 5. The number of rotatable bonds is 10. The number of ether oxygens (including phenoxy) is 3. The molecule has 1 aliphatic rings. The Kier molecular flexibility index (Phi) is 9.08. The van der Waals surface area contributed by atoms with Crippen LogP contribution < -0.4 is 24.8 Å². The molecule has 1 amide bonds. The maximum Gasteiger partial charge on any atom is 0.230 e. The average molecular weight is 421 g/mol. The van der Waals surface area contributed by atoms with Gasteiger partial charge in [-0.2, -0.15) is 0 Å². The Hall–Kier alpha value is -2.64. The van der Waals surface area contributed by atoms with E-state index in [-0.39, 0.29) is 11.3 Å². The molecule has 30 heavy (non-hydrogen) atoms. The summed E-state index contributed by atoms with van der Waals surface area (Å²) in [6.45, 7) is 1.85. The molecule has 0 unspecified atom stereocenters. The maximum atomic E-state index is 12.7. The van der Waals surface area contributed by atoms with Crippen molar-refractivity contribution in [3.63, 3.8) is 0 Å². The Balaban J connectivity index is 1.76. The molecule has 8 nitrogen and oxygen atoms in total. The normalized spacial score (nSPS) is 15.4. The summed E-state index contributed by atoms with van der Waals surface area (Å²) in [5, 5.41) is 6.64. The number of nitrogens with zero attached hydrogens (tertiary/aromatic N) is 2. The summed E-state index contributed by atoms with van der Waals surface area (Å²) in [4.78, 5) is 18.7. The van der Waals surface area contributed by atoms with Gasteiger partial charge < -0.3 is 29.7 Å². The third-order valence-corrected chi connectivity index (χ3v) is 5.45. The van der Waals surface area contributed by atoms with Gasteiger partial charge in [0.05, 0.1) is 26.2 Å². The Morgan fingerprint density at radius 3 is 2.20 bits per heavy atom. The zero-order chi connectivity index (χ0) is 22.0. The zero-order valence-electron chi connectivity index (χ0n) is 18.9. The first-order valence-electron chi connectivity index (χ1n) is 10.5. The fourth-order valence-corrected chi connectivity index (χ4v) is 3.80. The van der Waals surface area contributed by atoms with Crippen molar-refractivity contribution in [2.45, 2.75) is 32.1 Å². The van der Waals surface area contributed by atoms with E-state index in [4.69, 9.17) is 14.2 Å². The van der Waals surface area contributed by atoms with E-state index < -0.39 is 0 Å². The first-order chi connectivity index (χ1) is 14.4. The fourth-order valence-electron chi connectivity index (χ4n) is 3.80. The van der Waals surface area contributed by atoms with Crippen LogP contribution in [0.4, 0.5) is 0 Å². The van der Waals surface area contributed by atoms with E-state index in [0.29, 0.717) is 42.9 Å². The van der Waals surface area contributed by atoms with Gasteiger partial charge in [-0.3, -0.25) is 9.79 Å². The average Bonchev–Trinajstić information content (AvgIpc) is 3.24. The van der Waals surface area contributed by atoms with Crippen LogP contribution in [-0.2, 0) is 4.79 Å². The Labute approximate surface area is 180 Å². The van der Waals surface area contributed by atoms with Crippen molar-refractivity contribution in [1.82, 2.24) is 15.5 Å². The Morgan fingerprint density at radius 1 is 1.07 bits per heavy atom. The molecule has 0 heterocycles. The molecule has 2 N–H and O–H groups in total. The van der Waals surface area contributed by atoms with Gasteiger partial charge in [-0.25, -0.2) is 0 Å². The van der Waals surface area contributed by atoms with Gasteiger partial charge in [0.25, 0.3) is 0 Å². The molecule has 8 heteroatoms. The minimum Gasteiger partial charge on any atom is -0.496 e. The van der Waals surface area contributed by atoms with E-state index >= 15 is 0 Å². The third-order valence-electron chi connectivity index (χ3n) is 5.45. The second-order valence-electron chi connectivity index (χ2n) is 7.79. The summed E-state index contributed by atoms with van der Waals surface area (Å²) in [5.74, 6) is 3.00. The number of amides is 1. The third kappa shape index (κ3) is 6.43. The van der Waals surface area contributed by atoms with Crippen molar-refractivity contribution >= 4 is 11.9 Å². The van der Waals surface area contributed by atoms with Crippen LogP contribution >= 0.6 is 0 Å². The number of carbonyl (C=O) groups is 1. The van der Waals surface area contributed by atoms with Crippen molar-refractivity contribution < 1.29 is 19.0 Å². The summed E-state index contributed by atoms with van der Waals surface area (Å²) in [6, 6.07) is 5.47. The van der Waals surface area contributed by atoms with Crippen LogP contribution in [0.3, 0.4) is 0 Å². The predicted molar refractivity (Wildman–Crippen MR) is 119 cm³/mol. The molecule has 1 aromatic rings. The number of nitrogens with one attached hydrogen (secondary N) is 2. The number of carbonyl (C=O) groups excluding carboxylic acids is 1. The van der Waals surface area contributed by atoms with E-state index in [0.717, 1.165) is 32.1 Å². The topological polar surface area (TPSA) is 84.4 Å². The highest BCUT2D eigenvalue weighted by atomic mass is 16.5. The molecule has 0 aliphatic heterocycles. The van der Waals surface area contributed by atoms with Crippen LogP contribution in [0, 0.1) is 5.41 Å². The molecule has 0 bridgehead atoms. The number of benzene rings is 1. The molecule has 1 fully saturated rings. The molecule has 0 atom stereocenters. The molecule has 0 aromatic heterocycles. The smallest absolute Gasteiger partial charge is 0.230 e. The van der Waals surface area contributed by atoms with Crippen LogP contribution in [0.2, 0.25) is 0 Å². The summed E-state index contributed by atoms with van der Waals surface area (Å²) < 4.78 is 16.3. The SMILES string of the molecule is CN=C(NCCCOc1cc(OC)cc(OC)c1)NCC1(C(=O)N(C)C)CCCC1. The van der Waals surface area contributed by atoms with Crippen molar-refractivity contribution in [3.05, 3.63) is 18.2 Å². The van der Waals surface area contributed by atoms with Crippen molar-refractivity contribution in [2.24, 2.45) is 10.4 Å². The highest BCUT2D eigenvalue weighted by molar-refractivity contribution is 5.85. The number of aliphatic imine (C=N–C) groups is 1. The van der Waals surface area contributed by atoms with Gasteiger partial charge in [0.1, 0.15) is 17.2 Å². The van der Waals surface area contributed by atoms with E-state index in [2.05, 4.69) is 15.6 Å². The van der Waals surface area contributed by atoms with Gasteiger partial charge in [0.15, 0.2) is 5.96 Å². The molecule has 1 aliphatic carbocycles. The first kappa shape index (κ1) is 23.6. The molecule has 0 spiro atoms. The van der Waals surface area contributed by atoms with Gasteiger partial charge >= 0.3 is 0 Å². The summed E-state index contributed by atoms with van der Waals surface area (Å²) in [6.07, 6.45) is 4.83. The van der Waals surface area contributed by atoms with E-state index in [1.165, 1.54) is 0 Å². The molecule has 2 rings (SSSR count). The van der Waals surface area contributed by atoms with Gasteiger partial charge in [-0.1, -0.05) is 12.8 Å². The summed E-state index contributed by atoms with van der Waals surface area (Å²) in [5.41, 5.74) is -0.324. The van der Waals surface area contributed by atoms with Gasteiger partial charge in [0.2, 0.25) is 5.91 Å². The highest BCUT2D eigenvalue weighted by Crippen LogP contribution is 2.38. The highest BCUT2D eigenvalue weighted by Gasteiger charge is 2.42.